The fraction of sp³-hybridized carbons (Fsp3) is 0.261. The zero-order valence-corrected chi connectivity index (χ0v) is 21.3. The van der Waals surface area contributed by atoms with Gasteiger partial charge in [0.2, 0.25) is 5.91 Å². The number of anilines is 1. The summed E-state index contributed by atoms with van der Waals surface area (Å²) in [6.45, 7) is 5.45. The van der Waals surface area contributed by atoms with Crippen LogP contribution in [0.25, 0.3) is 6.08 Å². The number of hydrogen-bond acceptors (Lipinski definition) is 6. The molecule has 9 heteroatoms. The number of halogens is 1. The van der Waals surface area contributed by atoms with Crippen LogP contribution in [-0.4, -0.2) is 42.7 Å². The summed E-state index contributed by atoms with van der Waals surface area (Å²) in [4.78, 5) is 39.1. The van der Waals surface area contributed by atoms with E-state index in [1.54, 1.807) is 19.3 Å². The van der Waals surface area contributed by atoms with Crippen LogP contribution in [0.5, 0.6) is 11.5 Å². The molecule has 0 saturated carbocycles. The molecule has 1 heterocycles. The molecule has 0 spiro atoms. The Morgan fingerprint density at radius 3 is 2.34 bits per heavy atom. The third-order valence-electron chi connectivity index (χ3n) is 4.87. The number of nitrogens with one attached hydrogen (secondary N) is 1. The van der Waals surface area contributed by atoms with Crippen LogP contribution in [-0.2, 0) is 9.59 Å². The van der Waals surface area contributed by atoms with Gasteiger partial charge in [0.25, 0.3) is 11.1 Å². The normalized spacial score (nSPS) is 14.8. The summed E-state index contributed by atoms with van der Waals surface area (Å²) in [6, 6.07) is 7.49. The Kier molecular flexibility index (Phi) is 7.50. The van der Waals surface area contributed by atoms with E-state index in [0.717, 1.165) is 36.9 Å². The van der Waals surface area contributed by atoms with E-state index >= 15 is 0 Å². The highest BCUT2D eigenvalue weighted by Gasteiger charge is 2.36. The van der Waals surface area contributed by atoms with Gasteiger partial charge in [-0.15, -0.1) is 0 Å². The standard InChI is InChI=1S/C23H23IN2O5S/c1-12-6-13(2)20(14(3)7-12)25-19(27)11-26-22(28)18(32-23(26)29)10-15-8-16(24)21(31-5)17(9-15)30-4/h6-10H,11H2,1-5H3,(H,25,27)/b18-10+. The van der Waals surface area contributed by atoms with Crippen molar-refractivity contribution in [1.82, 2.24) is 4.90 Å². The predicted octanol–water partition coefficient (Wildman–Crippen LogP) is 4.91. The number of nitrogens with zero attached hydrogens (tertiary/aromatic N) is 1. The molecule has 3 amide bonds. The van der Waals surface area contributed by atoms with Gasteiger partial charge in [-0.2, -0.15) is 0 Å². The zero-order valence-electron chi connectivity index (χ0n) is 18.4. The summed E-state index contributed by atoms with van der Waals surface area (Å²) < 4.78 is 11.5. The quantitative estimate of drug-likeness (QED) is 0.395. The van der Waals surface area contributed by atoms with Crippen LogP contribution in [0.2, 0.25) is 0 Å². The highest BCUT2D eigenvalue weighted by atomic mass is 127. The minimum Gasteiger partial charge on any atom is -0.493 e. The van der Waals surface area contributed by atoms with Crippen LogP contribution in [0, 0.1) is 24.3 Å². The molecule has 0 unspecified atom stereocenters. The van der Waals surface area contributed by atoms with Gasteiger partial charge in [-0.05, 0) is 90.0 Å². The fourth-order valence-electron chi connectivity index (χ4n) is 3.51. The topological polar surface area (TPSA) is 84.9 Å². The largest absolute Gasteiger partial charge is 0.493 e. The summed E-state index contributed by atoms with van der Waals surface area (Å²) in [6.07, 6.45) is 1.61. The number of benzene rings is 2. The maximum atomic E-state index is 12.8. The third-order valence-corrected chi connectivity index (χ3v) is 6.58. The Morgan fingerprint density at radius 1 is 1.09 bits per heavy atom. The molecule has 7 nitrogen and oxygen atoms in total. The molecule has 1 saturated heterocycles. The smallest absolute Gasteiger partial charge is 0.294 e. The van der Waals surface area contributed by atoms with Crippen LogP contribution in [0.15, 0.2) is 29.2 Å². The maximum Gasteiger partial charge on any atom is 0.294 e. The van der Waals surface area contributed by atoms with E-state index in [9.17, 15) is 14.4 Å². The Balaban J connectivity index is 1.78. The second kappa shape index (κ2) is 9.95. The van der Waals surface area contributed by atoms with Crippen LogP contribution >= 0.6 is 34.4 Å². The number of thioether (sulfide) groups is 1. The molecule has 2 aromatic rings. The molecule has 0 radical (unpaired) electrons. The molecule has 2 aromatic carbocycles. The SMILES string of the molecule is COc1cc(/C=C2/SC(=O)N(CC(=O)Nc3c(C)cc(C)cc3C)C2=O)cc(I)c1OC. The lowest BCUT2D eigenvalue weighted by Gasteiger charge is -2.16. The minimum absolute atomic E-state index is 0.244. The van der Waals surface area contributed by atoms with E-state index in [1.807, 2.05) is 39.0 Å². The van der Waals surface area contributed by atoms with Crippen LogP contribution in [0.1, 0.15) is 22.3 Å². The highest BCUT2D eigenvalue weighted by molar-refractivity contribution is 14.1. The Bertz CT molecular complexity index is 1120. The molecule has 0 atom stereocenters. The summed E-state index contributed by atoms with van der Waals surface area (Å²) in [7, 11) is 3.08. The van der Waals surface area contributed by atoms with E-state index < -0.39 is 17.1 Å². The Morgan fingerprint density at radius 2 is 1.75 bits per heavy atom. The number of carbonyl (C=O) groups is 3. The van der Waals surface area contributed by atoms with Crippen LogP contribution in [0.4, 0.5) is 10.5 Å². The van der Waals surface area contributed by atoms with Gasteiger partial charge in [0.05, 0.1) is 22.7 Å². The number of aryl methyl sites for hydroxylation is 3. The van der Waals surface area contributed by atoms with Gasteiger partial charge >= 0.3 is 0 Å². The minimum atomic E-state index is -0.503. The van der Waals surface area contributed by atoms with Crippen molar-refractivity contribution in [3.63, 3.8) is 0 Å². The molecule has 1 fully saturated rings. The maximum absolute atomic E-state index is 12.8. The fourth-order valence-corrected chi connectivity index (χ4v) is 5.19. The summed E-state index contributed by atoms with van der Waals surface area (Å²) in [5.74, 6) is 0.186. The molecule has 3 rings (SSSR count). The molecule has 0 aliphatic carbocycles. The number of amides is 3. The first-order chi connectivity index (χ1) is 15.1. The van der Waals surface area contributed by atoms with Crippen molar-refractivity contribution in [2.75, 3.05) is 26.1 Å². The van der Waals surface area contributed by atoms with E-state index in [-0.39, 0.29) is 11.4 Å². The first kappa shape index (κ1) is 24.1. The molecular weight excluding hydrogens is 543 g/mol. The molecule has 32 heavy (non-hydrogen) atoms. The predicted molar refractivity (Wildman–Crippen MR) is 134 cm³/mol. The van der Waals surface area contributed by atoms with Gasteiger partial charge < -0.3 is 14.8 Å². The first-order valence-corrected chi connectivity index (χ1v) is 11.6. The van der Waals surface area contributed by atoms with Crippen molar-refractivity contribution in [3.05, 3.63) is 55.0 Å². The van der Waals surface area contributed by atoms with Crippen LogP contribution in [0.3, 0.4) is 0 Å². The van der Waals surface area contributed by atoms with Crippen molar-refractivity contribution in [2.45, 2.75) is 20.8 Å². The van der Waals surface area contributed by atoms with Gasteiger partial charge in [0.1, 0.15) is 6.54 Å². The number of methoxy groups -OCH3 is 2. The van der Waals surface area contributed by atoms with Crippen molar-refractivity contribution in [2.24, 2.45) is 0 Å². The number of carbonyl (C=O) groups excluding carboxylic acids is 3. The van der Waals surface area contributed by atoms with Gasteiger partial charge in [-0.1, -0.05) is 17.7 Å². The van der Waals surface area contributed by atoms with Crippen LogP contribution < -0.4 is 14.8 Å². The summed E-state index contributed by atoms with van der Waals surface area (Å²) >= 11 is 2.92. The molecule has 1 aliphatic heterocycles. The molecule has 1 aliphatic rings. The lowest BCUT2D eigenvalue weighted by molar-refractivity contribution is -0.127. The second-order valence-corrected chi connectivity index (χ2v) is 9.48. The van der Waals surface area contributed by atoms with E-state index in [0.29, 0.717) is 22.7 Å². The zero-order chi connectivity index (χ0) is 23.6. The first-order valence-electron chi connectivity index (χ1n) is 9.69. The van der Waals surface area contributed by atoms with Crippen molar-refractivity contribution < 1.29 is 23.9 Å². The monoisotopic (exact) mass is 566 g/mol. The number of hydrogen-bond donors (Lipinski definition) is 1. The van der Waals surface area contributed by atoms with E-state index in [2.05, 4.69) is 27.9 Å². The van der Waals surface area contributed by atoms with Gasteiger partial charge in [-0.25, -0.2) is 0 Å². The van der Waals surface area contributed by atoms with Crippen molar-refractivity contribution >= 4 is 63.2 Å². The molecule has 0 bridgehead atoms. The lowest BCUT2D eigenvalue weighted by atomic mass is 10.1. The summed E-state index contributed by atoms with van der Waals surface area (Å²) in [5, 5.41) is 2.35. The number of rotatable bonds is 6. The Labute approximate surface area is 204 Å². The van der Waals surface area contributed by atoms with E-state index in [4.69, 9.17) is 9.47 Å². The van der Waals surface area contributed by atoms with Gasteiger partial charge in [0.15, 0.2) is 11.5 Å². The highest BCUT2D eigenvalue weighted by Crippen LogP contribution is 2.37. The van der Waals surface area contributed by atoms with Crippen molar-refractivity contribution in [3.8, 4) is 11.5 Å². The average Bonchev–Trinajstić information content (AvgIpc) is 2.97. The number of imide groups is 1. The van der Waals surface area contributed by atoms with Crippen molar-refractivity contribution in [1.29, 1.82) is 0 Å². The lowest BCUT2D eigenvalue weighted by Crippen LogP contribution is -2.36. The van der Waals surface area contributed by atoms with Gasteiger partial charge in [0, 0.05) is 5.69 Å². The molecule has 1 N–H and O–H groups in total. The average molecular weight is 566 g/mol. The molecular formula is C23H23IN2O5S. The summed E-state index contributed by atoms with van der Waals surface area (Å²) in [5.41, 5.74) is 4.33. The molecule has 0 aromatic heterocycles. The number of ether oxygens (including phenoxy) is 2. The van der Waals surface area contributed by atoms with E-state index in [1.165, 1.54) is 7.11 Å². The van der Waals surface area contributed by atoms with Gasteiger partial charge in [-0.3, -0.25) is 19.3 Å². The second-order valence-electron chi connectivity index (χ2n) is 7.33. The third kappa shape index (κ3) is 5.09. The Hall–Kier alpha value is -2.53. The molecule has 168 valence electrons.